The molecule has 0 aliphatic carbocycles. The zero-order chi connectivity index (χ0) is 15.0. The van der Waals surface area contributed by atoms with E-state index in [-0.39, 0.29) is 17.6 Å². The average Bonchev–Trinajstić information content (AvgIpc) is 2.96. The number of ketones is 1. The average molecular weight is 316 g/mol. The van der Waals surface area contributed by atoms with E-state index in [1.54, 1.807) is 30.4 Å². The van der Waals surface area contributed by atoms with Crippen LogP contribution in [0.15, 0.2) is 10.3 Å². The molecular formula is C13H20N2O3S2. The lowest BCUT2D eigenvalue weighted by Crippen LogP contribution is -2.43. The topological polar surface area (TPSA) is 75.3 Å². The molecule has 0 aromatic rings. The van der Waals surface area contributed by atoms with Crippen molar-refractivity contribution in [2.45, 2.75) is 38.6 Å². The summed E-state index contributed by atoms with van der Waals surface area (Å²) in [6, 6.07) is -0.522. The molecule has 2 amide bonds. The number of rotatable bonds is 8. The Morgan fingerprint density at radius 3 is 2.60 bits per heavy atom. The minimum absolute atomic E-state index is 0.154. The summed E-state index contributed by atoms with van der Waals surface area (Å²) in [5.74, 6) is -0.200. The highest BCUT2D eigenvalue weighted by molar-refractivity contribution is 8.22. The molecule has 112 valence electrons. The summed E-state index contributed by atoms with van der Waals surface area (Å²) in [6.07, 6.45) is 2.18. The molecule has 0 saturated heterocycles. The third-order valence-electron chi connectivity index (χ3n) is 2.82. The van der Waals surface area contributed by atoms with Crippen molar-refractivity contribution in [1.82, 2.24) is 10.6 Å². The Morgan fingerprint density at radius 1 is 1.30 bits per heavy atom. The summed E-state index contributed by atoms with van der Waals surface area (Å²) < 4.78 is 0. The van der Waals surface area contributed by atoms with Crippen LogP contribution in [-0.2, 0) is 14.4 Å². The smallest absolute Gasteiger partial charge is 0.242 e. The van der Waals surface area contributed by atoms with Crippen LogP contribution in [-0.4, -0.2) is 35.8 Å². The largest absolute Gasteiger partial charge is 0.357 e. The Labute approximate surface area is 127 Å². The number of carbonyl (C=O) groups excluding carboxylic acids is 3. The van der Waals surface area contributed by atoms with E-state index in [1.807, 2.05) is 5.41 Å². The standard InChI is InChI=1S/C13H20N2O3S2/c1-9(13(18)14-2)15-12(17)6-4-3-5-10(16)11-7-19-8-20-11/h7,9H,3-6,8H2,1-2H3,(H,14,18)(H,15,17). The van der Waals surface area contributed by atoms with Crippen molar-refractivity contribution in [2.75, 3.05) is 12.1 Å². The van der Waals surface area contributed by atoms with Gasteiger partial charge >= 0.3 is 0 Å². The summed E-state index contributed by atoms with van der Waals surface area (Å²) in [6.45, 7) is 1.64. The van der Waals surface area contributed by atoms with Gasteiger partial charge < -0.3 is 10.6 Å². The number of hydrogen-bond donors (Lipinski definition) is 2. The normalized spacial score (nSPS) is 15.4. The van der Waals surface area contributed by atoms with E-state index >= 15 is 0 Å². The molecule has 5 nitrogen and oxygen atoms in total. The predicted molar refractivity (Wildman–Crippen MR) is 83.3 cm³/mol. The fraction of sp³-hybridized carbons (Fsp3) is 0.615. The van der Waals surface area contributed by atoms with Gasteiger partial charge in [-0.3, -0.25) is 14.4 Å². The van der Waals surface area contributed by atoms with Crippen LogP contribution in [0.4, 0.5) is 0 Å². The van der Waals surface area contributed by atoms with Crippen molar-refractivity contribution in [1.29, 1.82) is 0 Å². The maximum atomic E-state index is 11.7. The molecule has 0 spiro atoms. The summed E-state index contributed by atoms with van der Waals surface area (Å²) in [7, 11) is 1.53. The first-order chi connectivity index (χ1) is 9.54. The number of thioether (sulfide) groups is 2. The Bertz CT molecular complexity index is 410. The van der Waals surface area contributed by atoms with Crippen molar-refractivity contribution in [2.24, 2.45) is 0 Å². The number of allylic oxidation sites excluding steroid dienone is 1. The number of hydrogen-bond acceptors (Lipinski definition) is 5. The van der Waals surface area contributed by atoms with Gasteiger partial charge in [0.1, 0.15) is 6.04 Å². The minimum atomic E-state index is -0.522. The molecule has 0 fully saturated rings. The van der Waals surface area contributed by atoms with Gasteiger partial charge in [-0.1, -0.05) is 0 Å². The van der Waals surface area contributed by atoms with E-state index in [4.69, 9.17) is 0 Å². The van der Waals surface area contributed by atoms with E-state index < -0.39 is 6.04 Å². The summed E-state index contributed by atoms with van der Waals surface area (Å²) in [5, 5.41) is 7.92. The molecule has 7 heteroatoms. The van der Waals surface area contributed by atoms with Gasteiger partial charge in [0.05, 0.1) is 4.91 Å². The molecule has 1 atom stereocenters. The number of likely N-dealkylation sites (N-methyl/N-ethyl adjacent to an activating group) is 1. The summed E-state index contributed by atoms with van der Waals surface area (Å²) in [4.78, 5) is 35.4. The molecule has 1 heterocycles. The number of amides is 2. The van der Waals surface area contributed by atoms with Crippen LogP contribution < -0.4 is 10.6 Å². The SMILES string of the molecule is CNC(=O)C(C)NC(=O)CCCCC(=O)C1=CSCS1. The lowest BCUT2D eigenvalue weighted by Gasteiger charge is -2.11. The van der Waals surface area contributed by atoms with Crippen molar-refractivity contribution in [3.63, 3.8) is 0 Å². The molecular weight excluding hydrogens is 296 g/mol. The maximum Gasteiger partial charge on any atom is 0.242 e. The molecule has 0 saturated carbocycles. The van der Waals surface area contributed by atoms with Gasteiger partial charge in [0.25, 0.3) is 0 Å². The van der Waals surface area contributed by atoms with Crippen LogP contribution in [0.2, 0.25) is 0 Å². The van der Waals surface area contributed by atoms with Crippen molar-refractivity contribution in [3.05, 3.63) is 10.3 Å². The number of carbonyl (C=O) groups is 3. The molecule has 0 radical (unpaired) electrons. The van der Waals surface area contributed by atoms with Gasteiger partial charge in [-0.15, -0.1) is 23.5 Å². The van der Waals surface area contributed by atoms with E-state index in [0.29, 0.717) is 25.7 Å². The molecule has 0 aromatic heterocycles. The summed E-state index contributed by atoms with van der Waals surface area (Å²) >= 11 is 3.22. The van der Waals surface area contributed by atoms with Crippen LogP contribution in [0.25, 0.3) is 0 Å². The van der Waals surface area contributed by atoms with E-state index in [0.717, 1.165) is 9.99 Å². The Kier molecular flexibility index (Phi) is 7.76. The van der Waals surface area contributed by atoms with E-state index in [9.17, 15) is 14.4 Å². The molecule has 20 heavy (non-hydrogen) atoms. The molecule has 1 rings (SSSR count). The lowest BCUT2D eigenvalue weighted by atomic mass is 10.1. The third-order valence-corrected chi connectivity index (χ3v) is 5.05. The highest BCUT2D eigenvalue weighted by atomic mass is 32.2. The monoisotopic (exact) mass is 316 g/mol. The first-order valence-corrected chi connectivity index (χ1v) is 8.56. The maximum absolute atomic E-state index is 11.7. The third kappa shape index (κ3) is 6.00. The van der Waals surface area contributed by atoms with Crippen LogP contribution in [0.5, 0.6) is 0 Å². The van der Waals surface area contributed by atoms with Crippen LogP contribution >= 0.6 is 23.5 Å². The lowest BCUT2D eigenvalue weighted by molar-refractivity contribution is -0.128. The fourth-order valence-corrected chi connectivity index (χ4v) is 3.75. The first kappa shape index (κ1) is 17.1. The second-order valence-corrected chi connectivity index (χ2v) is 6.69. The Hall–Kier alpha value is -0.950. The molecule has 0 aromatic carbocycles. The molecule has 2 N–H and O–H groups in total. The number of Topliss-reactive ketones (excluding diaryl/α,β-unsaturated/α-hetero) is 1. The van der Waals surface area contributed by atoms with Gasteiger partial charge in [-0.25, -0.2) is 0 Å². The fourth-order valence-electron chi connectivity index (χ4n) is 1.68. The van der Waals surface area contributed by atoms with Crippen molar-refractivity contribution in [3.8, 4) is 0 Å². The molecule has 0 bridgehead atoms. The number of nitrogens with one attached hydrogen (secondary N) is 2. The van der Waals surface area contributed by atoms with Gasteiger partial charge in [0.2, 0.25) is 11.8 Å². The predicted octanol–water partition coefficient (Wildman–Crippen LogP) is 1.65. The van der Waals surface area contributed by atoms with Crippen LogP contribution in [0.1, 0.15) is 32.6 Å². The summed E-state index contributed by atoms with van der Waals surface area (Å²) in [5.41, 5.74) is 0. The minimum Gasteiger partial charge on any atom is -0.357 e. The van der Waals surface area contributed by atoms with Gasteiger partial charge in [-0.05, 0) is 25.2 Å². The zero-order valence-corrected chi connectivity index (χ0v) is 13.4. The zero-order valence-electron chi connectivity index (χ0n) is 11.7. The van der Waals surface area contributed by atoms with E-state index in [2.05, 4.69) is 10.6 Å². The van der Waals surface area contributed by atoms with Crippen molar-refractivity contribution >= 4 is 41.1 Å². The van der Waals surface area contributed by atoms with Gasteiger partial charge in [0.15, 0.2) is 5.78 Å². The molecule has 1 unspecified atom stereocenters. The first-order valence-electron chi connectivity index (χ1n) is 6.53. The number of unbranched alkanes of at least 4 members (excludes halogenated alkanes) is 1. The second-order valence-electron chi connectivity index (χ2n) is 4.44. The molecule has 1 aliphatic heterocycles. The highest BCUT2D eigenvalue weighted by Crippen LogP contribution is 2.33. The molecule has 1 aliphatic rings. The van der Waals surface area contributed by atoms with Crippen LogP contribution in [0.3, 0.4) is 0 Å². The van der Waals surface area contributed by atoms with Gasteiger partial charge in [0, 0.05) is 25.0 Å². The quantitative estimate of drug-likeness (QED) is 0.666. The van der Waals surface area contributed by atoms with E-state index in [1.165, 1.54) is 7.05 Å². The second kappa shape index (κ2) is 9.07. The Balaban J connectivity index is 2.13. The van der Waals surface area contributed by atoms with Gasteiger partial charge in [-0.2, -0.15) is 0 Å². The van der Waals surface area contributed by atoms with Crippen molar-refractivity contribution < 1.29 is 14.4 Å². The Morgan fingerprint density at radius 2 is 2.00 bits per heavy atom. The van der Waals surface area contributed by atoms with Crippen LogP contribution in [0, 0.1) is 0 Å². The highest BCUT2D eigenvalue weighted by Gasteiger charge is 2.15.